The van der Waals surface area contributed by atoms with E-state index in [2.05, 4.69) is 0 Å². The van der Waals surface area contributed by atoms with E-state index in [4.69, 9.17) is 9.47 Å². The van der Waals surface area contributed by atoms with E-state index in [0.29, 0.717) is 31.2 Å². The Hall–Kier alpha value is -2.84. The molecule has 2 aliphatic rings. The number of carbonyl (C=O) groups excluding carboxylic acids is 3. The zero-order chi connectivity index (χ0) is 20.4. The molecule has 0 radical (unpaired) electrons. The van der Waals surface area contributed by atoms with Crippen LogP contribution in [0.15, 0.2) is 41.3 Å². The van der Waals surface area contributed by atoms with Gasteiger partial charge in [-0.1, -0.05) is 30.3 Å². The Labute approximate surface area is 172 Å². The van der Waals surface area contributed by atoms with E-state index in [-0.39, 0.29) is 12.5 Å². The number of amides is 3. The lowest BCUT2D eigenvalue weighted by atomic mass is 10.0. The summed E-state index contributed by atoms with van der Waals surface area (Å²) in [5.74, 6) is 0.0511. The van der Waals surface area contributed by atoms with Gasteiger partial charge in [0.2, 0.25) is 5.91 Å². The average Bonchev–Trinajstić information content (AvgIpc) is 3.02. The molecule has 2 fully saturated rings. The first-order chi connectivity index (χ1) is 14.1. The predicted octanol–water partition coefficient (Wildman–Crippen LogP) is 2.74. The number of morpholine rings is 1. The number of fused-ring (bicyclic) bond motifs is 1. The normalized spacial score (nSPS) is 18.7. The summed E-state index contributed by atoms with van der Waals surface area (Å²) in [5.41, 5.74) is 0.811. The zero-order valence-electron chi connectivity index (χ0n) is 15.9. The second-order valence-electron chi connectivity index (χ2n) is 6.66. The maximum atomic E-state index is 12.8. The second-order valence-corrected chi connectivity index (χ2v) is 7.66. The van der Waals surface area contributed by atoms with Gasteiger partial charge in [-0.05, 0) is 34.9 Å². The summed E-state index contributed by atoms with van der Waals surface area (Å²) in [6.45, 7) is 1.65. The van der Waals surface area contributed by atoms with E-state index in [1.165, 1.54) is 0 Å². The lowest BCUT2D eigenvalue weighted by molar-refractivity contribution is -0.139. The summed E-state index contributed by atoms with van der Waals surface area (Å²) in [4.78, 5) is 40.5. The number of rotatable bonds is 4. The van der Waals surface area contributed by atoms with Gasteiger partial charge in [-0.3, -0.25) is 19.3 Å². The summed E-state index contributed by atoms with van der Waals surface area (Å²) in [7, 11) is 1.61. The number of carbonyl (C=O) groups is 3. The molecule has 2 heterocycles. The first kappa shape index (κ1) is 19.5. The van der Waals surface area contributed by atoms with Gasteiger partial charge in [0, 0.05) is 18.5 Å². The summed E-state index contributed by atoms with van der Waals surface area (Å²) in [6.07, 6.45) is 1.70. The van der Waals surface area contributed by atoms with Gasteiger partial charge in [-0.2, -0.15) is 0 Å². The number of imide groups is 1. The number of hydrogen-bond donors (Lipinski definition) is 0. The van der Waals surface area contributed by atoms with Crippen LogP contribution in [0.2, 0.25) is 0 Å². The Morgan fingerprint density at radius 1 is 1.14 bits per heavy atom. The van der Waals surface area contributed by atoms with Gasteiger partial charge in [-0.25, -0.2) is 0 Å². The monoisotopic (exact) mass is 412 g/mol. The molecule has 0 bridgehead atoms. The largest absolute Gasteiger partial charge is 0.496 e. The smallest absolute Gasteiger partial charge is 0.294 e. The van der Waals surface area contributed by atoms with E-state index >= 15 is 0 Å². The van der Waals surface area contributed by atoms with Crippen molar-refractivity contribution in [1.29, 1.82) is 0 Å². The quantitative estimate of drug-likeness (QED) is 0.719. The van der Waals surface area contributed by atoms with E-state index in [1.807, 2.05) is 36.4 Å². The molecule has 7 nitrogen and oxygen atoms in total. The van der Waals surface area contributed by atoms with E-state index in [0.717, 1.165) is 38.7 Å². The molecule has 0 unspecified atom stereocenters. The van der Waals surface area contributed by atoms with E-state index in [1.54, 1.807) is 18.1 Å². The first-order valence-electron chi connectivity index (χ1n) is 9.25. The van der Waals surface area contributed by atoms with Crippen LogP contribution in [0.1, 0.15) is 5.56 Å². The minimum Gasteiger partial charge on any atom is -0.496 e. The molecule has 0 atom stereocenters. The van der Waals surface area contributed by atoms with Gasteiger partial charge in [0.05, 0.1) is 25.2 Å². The van der Waals surface area contributed by atoms with Gasteiger partial charge in [0.25, 0.3) is 11.1 Å². The van der Waals surface area contributed by atoms with Gasteiger partial charge in [0.15, 0.2) is 0 Å². The summed E-state index contributed by atoms with van der Waals surface area (Å²) < 4.78 is 10.6. The molecule has 0 aromatic heterocycles. The van der Waals surface area contributed by atoms with Crippen molar-refractivity contribution in [2.24, 2.45) is 0 Å². The van der Waals surface area contributed by atoms with Crippen LogP contribution in [-0.4, -0.2) is 66.8 Å². The Balaban J connectivity index is 1.58. The highest BCUT2D eigenvalue weighted by Gasteiger charge is 2.37. The number of ether oxygens (including phenoxy) is 2. The molecule has 3 amide bonds. The fourth-order valence-electron chi connectivity index (χ4n) is 3.42. The van der Waals surface area contributed by atoms with E-state index in [9.17, 15) is 14.4 Å². The van der Waals surface area contributed by atoms with Crippen molar-refractivity contribution in [3.05, 3.63) is 46.9 Å². The third-order valence-corrected chi connectivity index (χ3v) is 5.86. The highest BCUT2D eigenvalue weighted by Crippen LogP contribution is 2.35. The molecule has 2 aliphatic heterocycles. The second kappa shape index (κ2) is 8.26. The van der Waals surface area contributed by atoms with Crippen LogP contribution in [-0.2, 0) is 14.3 Å². The third kappa shape index (κ3) is 3.86. The van der Waals surface area contributed by atoms with Crippen molar-refractivity contribution in [2.75, 3.05) is 40.0 Å². The Bertz CT molecular complexity index is 1010. The molecule has 0 N–H and O–H groups in total. The number of thioether (sulfide) groups is 1. The number of nitrogens with zero attached hydrogens (tertiary/aromatic N) is 2. The van der Waals surface area contributed by atoms with Gasteiger partial charge >= 0.3 is 0 Å². The molecule has 0 aliphatic carbocycles. The van der Waals surface area contributed by atoms with Crippen molar-refractivity contribution in [3.8, 4) is 5.75 Å². The van der Waals surface area contributed by atoms with Gasteiger partial charge in [-0.15, -0.1) is 0 Å². The minimum atomic E-state index is -0.443. The maximum Gasteiger partial charge on any atom is 0.294 e. The van der Waals surface area contributed by atoms with Crippen molar-refractivity contribution in [2.45, 2.75) is 0 Å². The predicted molar refractivity (Wildman–Crippen MR) is 111 cm³/mol. The van der Waals surface area contributed by atoms with Crippen molar-refractivity contribution in [3.63, 3.8) is 0 Å². The number of methoxy groups -OCH3 is 1. The van der Waals surface area contributed by atoms with Crippen LogP contribution in [0.4, 0.5) is 4.79 Å². The molecule has 2 aromatic carbocycles. The molecular weight excluding hydrogens is 392 g/mol. The molecule has 150 valence electrons. The van der Waals surface area contributed by atoms with Crippen LogP contribution >= 0.6 is 11.8 Å². The van der Waals surface area contributed by atoms with Crippen LogP contribution in [0, 0.1) is 0 Å². The number of hydrogen-bond acceptors (Lipinski definition) is 6. The zero-order valence-corrected chi connectivity index (χ0v) is 16.7. The molecule has 29 heavy (non-hydrogen) atoms. The maximum absolute atomic E-state index is 12.8. The molecule has 4 rings (SSSR count). The van der Waals surface area contributed by atoms with E-state index < -0.39 is 11.1 Å². The SMILES string of the molecule is COc1ccc(/C=C2/SC(=O)N(CC(=O)N3CCOCC3)C2=O)c2ccccc12. The number of benzene rings is 2. The van der Waals surface area contributed by atoms with Crippen molar-refractivity contribution < 1.29 is 23.9 Å². The third-order valence-electron chi connectivity index (χ3n) is 4.96. The van der Waals surface area contributed by atoms with Crippen LogP contribution in [0.5, 0.6) is 5.75 Å². The van der Waals surface area contributed by atoms with Crippen molar-refractivity contribution in [1.82, 2.24) is 9.80 Å². The van der Waals surface area contributed by atoms with Crippen LogP contribution in [0.25, 0.3) is 16.8 Å². The fraction of sp³-hybridized carbons (Fsp3) is 0.286. The standard InChI is InChI=1S/C21H20N2O5S/c1-27-17-7-6-14(15-4-2-3-5-16(15)17)12-18-20(25)23(21(26)29-18)13-19(24)22-8-10-28-11-9-22/h2-7,12H,8-11,13H2,1H3/b18-12+. The molecule has 8 heteroatoms. The highest BCUT2D eigenvalue weighted by molar-refractivity contribution is 8.18. The van der Waals surface area contributed by atoms with Crippen molar-refractivity contribution >= 4 is 45.7 Å². The molecule has 2 saturated heterocycles. The average molecular weight is 412 g/mol. The molecule has 2 aromatic rings. The molecule has 0 spiro atoms. The summed E-state index contributed by atoms with van der Waals surface area (Å²) >= 11 is 0.856. The Morgan fingerprint density at radius 2 is 1.86 bits per heavy atom. The lowest BCUT2D eigenvalue weighted by Crippen LogP contribution is -2.46. The fourth-order valence-corrected chi connectivity index (χ4v) is 4.25. The van der Waals surface area contributed by atoms with Gasteiger partial charge < -0.3 is 14.4 Å². The summed E-state index contributed by atoms with van der Waals surface area (Å²) in [5, 5.41) is 1.41. The Kier molecular flexibility index (Phi) is 5.55. The van der Waals surface area contributed by atoms with Crippen LogP contribution < -0.4 is 4.74 Å². The summed E-state index contributed by atoms with van der Waals surface area (Å²) in [6, 6.07) is 11.4. The van der Waals surface area contributed by atoms with Gasteiger partial charge in [0.1, 0.15) is 12.3 Å². The van der Waals surface area contributed by atoms with Crippen LogP contribution in [0.3, 0.4) is 0 Å². The molecule has 0 saturated carbocycles. The lowest BCUT2D eigenvalue weighted by Gasteiger charge is -2.28. The molecular formula is C21H20N2O5S. The highest BCUT2D eigenvalue weighted by atomic mass is 32.2. The minimum absolute atomic E-state index is 0.244. The topological polar surface area (TPSA) is 76.2 Å². The Morgan fingerprint density at radius 3 is 2.59 bits per heavy atom. The first-order valence-corrected chi connectivity index (χ1v) is 10.1.